The van der Waals surface area contributed by atoms with Crippen LogP contribution < -0.4 is 0 Å². The highest BCUT2D eigenvalue weighted by Gasteiger charge is 2.22. The van der Waals surface area contributed by atoms with Gasteiger partial charge in [-0.1, -0.05) is 26.7 Å². The van der Waals surface area contributed by atoms with Crippen molar-refractivity contribution >= 4 is 5.91 Å². The lowest BCUT2D eigenvalue weighted by Gasteiger charge is -2.23. The third-order valence-corrected chi connectivity index (χ3v) is 3.56. The van der Waals surface area contributed by atoms with E-state index < -0.39 is 0 Å². The lowest BCUT2D eigenvalue weighted by molar-refractivity contribution is -0.132. The topological polar surface area (TPSA) is 40.5 Å². The summed E-state index contributed by atoms with van der Waals surface area (Å²) in [5.74, 6) is 0.920. The van der Waals surface area contributed by atoms with E-state index in [9.17, 15) is 9.90 Å². The van der Waals surface area contributed by atoms with Gasteiger partial charge in [-0.3, -0.25) is 4.79 Å². The fourth-order valence-corrected chi connectivity index (χ4v) is 2.37. The fourth-order valence-electron chi connectivity index (χ4n) is 2.37. The average molecular weight is 227 g/mol. The van der Waals surface area contributed by atoms with Gasteiger partial charge >= 0.3 is 0 Å². The largest absolute Gasteiger partial charge is 0.391 e. The summed E-state index contributed by atoms with van der Waals surface area (Å²) in [4.78, 5) is 13.7. The number of hydrogen-bond donors (Lipinski definition) is 1. The number of β-amino-alcohol motifs (C(OH)–C–C–N with tert-alkyl or cyclic N) is 1. The van der Waals surface area contributed by atoms with E-state index in [1.807, 2.05) is 4.90 Å². The molecule has 1 aliphatic rings. The van der Waals surface area contributed by atoms with Crippen LogP contribution in [0.2, 0.25) is 0 Å². The Morgan fingerprint density at radius 3 is 2.81 bits per heavy atom. The van der Waals surface area contributed by atoms with Gasteiger partial charge < -0.3 is 10.0 Å². The SMILES string of the molecule is CCCC(O)CN1CCC(CC)CCC1=O. The van der Waals surface area contributed by atoms with Crippen LogP contribution in [0.1, 0.15) is 52.4 Å². The van der Waals surface area contributed by atoms with Crippen LogP contribution in [0.3, 0.4) is 0 Å². The Bertz CT molecular complexity index is 218. The van der Waals surface area contributed by atoms with Crippen LogP contribution in [0.5, 0.6) is 0 Å². The number of likely N-dealkylation sites (tertiary alicyclic amines) is 1. The number of rotatable bonds is 5. The Morgan fingerprint density at radius 2 is 2.19 bits per heavy atom. The Labute approximate surface area is 98.8 Å². The molecule has 2 atom stereocenters. The molecule has 1 amide bonds. The third kappa shape index (κ3) is 4.12. The Hall–Kier alpha value is -0.570. The second-order valence-electron chi connectivity index (χ2n) is 4.88. The fraction of sp³-hybridized carbons (Fsp3) is 0.923. The first-order chi connectivity index (χ1) is 7.67. The molecule has 1 aliphatic heterocycles. The van der Waals surface area contributed by atoms with Crippen LogP contribution in [0.15, 0.2) is 0 Å². The third-order valence-electron chi connectivity index (χ3n) is 3.56. The normalized spacial score (nSPS) is 24.3. The average Bonchev–Trinajstić information content (AvgIpc) is 2.43. The van der Waals surface area contributed by atoms with E-state index in [0.29, 0.717) is 18.9 Å². The Balaban J connectivity index is 2.43. The molecule has 0 saturated carbocycles. The summed E-state index contributed by atoms with van der Waals surface area (Å²) < 4.78 is 0. The number of carbonyl (C=O) groups is 1. The van der Waals surface area contributed by atoms with Crippen molar-refractivity contribution < 1.29 is 9.90 Å². The number of aliphatic hydroxyl groups is 1. The van der Waals surface area contributed by atoms with Gasteiger partial charge in [0.25, 0.3) is 0 Å². The minimum Gasteiger partial charge on any atom is -0.391 e. The van der Waals surface area contributed by atoms with Crippen molar-refractivity contribution in [3.05, 3.63) is 0 Å². The lowest BCUT2D eigenvalue weighted by Crippen LogP contribution is -2.37. The maximum Gasteiger partial charge on any atom is 0.222 e. The predicted molar refractivity (Wildman–Crippen MR) is 65.1 cm³/mol. The molecule has 0 aromatic carbocycles. The van der Waals surface area contributed by atoms with E-state index in [0.717, 1.165) is 32.2 Å². The monoisotopic (exact) mass is 227 g/mol. The molecule has 94 valence electrons. The molecule has 2 unspecified atom stereocenters. The number of aliphatic hydroxyl groups excluding tert-OH is 1. The zero-order chi connectivity index (χ0) is 12.0. The van der Waals surface area contributed by atoms with Crippen molar-refractivity contribution in [3.63, 3.8) is 0 Å². The summed E-state index contributed by atoms with van der Waals surface area (Å²) in [5, 5.41) is 9.74. The molecular weight excluding hydrogens is 202 g/mol. The highest BCUT2D eigenvalue weighted by atomic mass is 16.3. The molecule has 1 N–H and O–H groups in total. The number of nitrogens with zero attached hydrogens (tertiary/aromatic N) is 1. The lowest BCUT2D eigenvalue weighted by atomic mass is 9.98. The van der Waals surface area contributed by atoms with Gasteiger partial charge in [0.15, 0.2) is 0 Å². The highest BCUT2D eigenvalue weighted by Crippen LogP contribution is 2.21. The van der Waals surface area contributed by atoms with Crippen LogP contribution in [0.4, 0.5) is 0 Å². The Kier molecular flexibility index (Phi) is 5.81. The van der Waals surface area contributed by atoms with Crippen molar-refractivity contribution in [2.75, 3.05) is 13.1 Å². The second-order valence-corrected chi connectivity index (χ2v) is 4.88. The zero-order valence-corrected chi connectivity index (χ0v) is 10.6. The van der Waals surface area contributed by atoms with Crippen LogP contribution >= 0.6 is 0 Å². The molecule has 1 fully saturated rings. The van der Waals surface area contributed by atoms with E-state index in [-0.39, 0.29) is 12.0 Å². The summed E-state index contributed by atoms with van der Waals surface area (Å²) in [6, 6.07) is 0. The quantitative estimate of drug-likeness (QED) is 0.782. The number of amides is 1. The van der Waals surface area contributed by atoms with Crippen molar-refractivity contribution in [1.29, 1.82) is 0 Å². The maximum atomic E-state index is 11.8. The van der Waals surface area contributed by atoms with Crippen molar-refractivity contribution in [3.8, 4) is 0 Å². The summed E-state index contributed by atoms with van der Waals surface area (Å²) in [6.07, 6.45) is 5.38. The summed E-state index contributed by atoms with van der Waals surface area (Å²) in [5.41, 5.74) is 0. The number of hydrogen-bond acceptors (Lipinski definition) is 2. The molecule has 1 saturated heterocycles. The summed E-state index contributed by atoms with van der Waals surface area (Å²) in [7, 11) is 0. The van der Waals surface area contributed by atoms with E-state index >= 15 is 0 Å². The summed E-state index contributed by atoms with van der Waals surface area (Å²) >= 11 is 0. The van der Waals surface area contributed by atoms with Gasteiger partial charge in [0.05, 0.1) is 6.10 Å². The van der Waals surface area contributed by atoms with Gasteiger partial charge in [-0.05, 0) is 25.2 Å². The molecule has 3 nitrogen and oxygen atoms in total. The van der Waals surface area contributed by atoms with Crippen LogP contribution in [0, 0.1) is 5.92 Å². The predicted octanol–water partition coefficient (Wildman–Crippen LogP) is 2.19. The van der Waals surface area contributed by atoms with E-state index in [1.54, 1.807) is 0 Å². The van der Waals surface area contributed by atoms with Crippen LogP contribution in [-0.2, 0) is 4.79 Å². The van der Waals surface area contributed by atoms with Crippen LogP contribution in [-0.4, -0.2) is 35.1 Å². The smallest absolute Gasteiger partial charge is 0.222 e. The number of carbonyl (C=O) groups excluding carboxylic acids is 1. The van der Waals surface area contributed by atoms with Crippen molar-refractivity contribution in [2.45, 2.75) is 58.5 Å². The summed E-state index contributed by atoms with van der Waals surface area (Å²) in [6.45, 7) is 5.61. The minimum atomic E-state index is -0.341. The van der Waals surface area contributed by atoms with Gasteiger partial charge in [-0.25, -0.2) is 0 Å². The molecule has 0 aromatic rings. The van der Waals surface area contributed by atoms with Crippen LogP contribution in [0.25, 0.3) is 0 Å². The molecule has 0 radical (unpaired) electrons. The van der Waals surface area contributed by atoms with Gasteiger partial charge in [-0.2, -0.15) is 0 Å². The molecule has 1 heterocycles. The molecular formula is C13H25NO2. The highest BCUT2D eigenvalue weighted by molar-refractivity contribution is 5.76. The van der Waals surface area contributed by atoms with Gasteiger partial charge in [-0.15, -0.1) is 0 Å². The van der Waals surface area contributed by atoms with E-state index in [2.05, 4.69) is 13.8 Å². The molecule has 16 heavy (non-hydrogen) atoms. The molecule has 0 aromatic heterocycles. The first-order valence-corrected chi connectivity index (χ1v) is 6.63. The molecule has 1 rings (SSSR count). The van der Waals surface area contributed by atoms with E-state index in [4.69, 9.17) is 0 Å². The first kappa shape index (κ1) is 13.5. The molecule has 0 bridgehead atoms. The van der Waals surface area contributed by atoms with Gasteiger partial charge in [0.1, 0.15) is 0 Å². The molecule has 0 spiro atoms. The van der Waals surface area contributed by atoms with Crippen molar-refractivity contribution in [1.82, 2.24) is 4.90 Å². The van der Waals surface area contributed by atoms with Gasteiger partial charge in [0, 0.05) is 19.5 Å². The standard InChI is InChI=1S/C13H25NO2/c1-3-5-12(15)10-14-9-8-11(4-2)6-7-13(14)16/h11-12,15H,3-10H2,1-2H3. The van der Waals surface area contributed by atoms with Gasteiger partial charge in [0.2, 0.25) is 5.91 Å². The zero-order valence-electron chi connectivity index (χ0n) is 10.6. The first-order valence-electron chi connectivity index (χ1n) is 6.63. The molecule has 0 aliphatic carbocycles. The van der Waals surface area contributed by atoms with E-state index in [1.165, 1.54) is 6.42 Å². The second kappa shape index (κ2) is 6.89. The Morgan fingerprint density at radius 1 is 1.44 bits per heavy atom. The molecule has 3 heteroatoms. The van der Waals surface area contributed by atoms with Crippen molar-refractivity contribution in [2.24, 2.45) is 5.92 Å². The maximum absolute atomic E-state index is 11.8. The minimum absolute atomic E-state index is 0.228.